The molecule has 1 N–H and O–H groups in total. The van der Waals surface area contributed by atoms with E-state index in [1.54, 1.807) is 13.4 Å². The van der Waals surface area contributed by atoms with Crippen molar-refractivity contribution in [2.45, 2.75) is 36.0 Å². The number of hydrogen-bond donors (Lipinski definition) is 1. The summed E-state index contributed by atoms with van der Waals surface area (Å²) < 4.78 is 17.6. The van der Waals surface area contributed by atoms with Crippen LogP contribution in [-0.4, -0.2) is 56.0 Å². The average molecular weight is 484 g/mol. The van der Waals surface area contributed by atoms with Gasteiger partial charge in [-0.25, -0.2) is 0 Å². The van der Waals surface area contributed by atoms with Crippen LogP contribution in [0.15, 0.2) is 41.3 Å². The van der Waals surface area contributed by atoms with Crippen molar-refractivity contribution >= 4 is 34.4 Å². The zero-order valence-electron chi connectivity index (χ0n) is 18.5. The van der Waals surface area contributed by atoms with Crippen molar-refractivity contribution in [3.8, 4) is 5.75 Å². The number of likely N-dealkylation sites (tertiary alicyclic amines) is 1. The van der Waals surface area contributed by atoms with Gasteiger partial charge in [0.1, 0.15) is 12.0 Å². The third kappa shape index (κ3) is 6.53. The molecule has 1 fully saturated rings. The number of ether oxygens (including phenoxy) is 1. The fraction of sp³-hybridized carbons (Fsp3) is 0.500. The number of methoxy groups -OCH3 is 1. The van der Waals surface area contributed by atoms with Crippen molar-refractivity contribution in [2.75, 3.05) is 46.6 Å². The zero-order valence-corrected chi connectivity index (χ0v) is 20.8. The summed E-state index contributed by atoms with van der Waals surface area (Å²) in [6.07, 6.45) is 4.98. The number of benzene rings is 2. The molecular formula is C24H32Cl2N2O2S. The lowest BCUT2D eigenvalue weighted by Crippen LogP contribution is -2.35. The number of nitrogens with one attached hydrogen (secondary N) is 1. The SMILES string of the molecule is CNCC(CCN1CCC(c2ccc(OC)cc2[S@+](C)[O-])CC1)c1ccc(Cl)c(Cl)c1. The highest BCUT2D eigenvalue weighted by atomic mass is 35.5. The van der Waals surface area contributed by atoms with Gasteiger partial charge >= 0.3 is 0 Å². The van der Waals surface area contributed by atoms with Crippen LogP contribution in [0.4, 0.5) is 0 Å². The second-order valence-corrected chi connectivity index (χ2v) is 10.4. The molecule has 2 aromatic carbocycles. The van der Waals surface area contributed by atoms with E-state index in [-0.39, 0.29) is 0 Å². The van der Waals surface area contributed by atoms with Crippen molar-refractivity contribution in [1.82, 2.24) is 10.2 Å². The molecule has 0 bridgehead atoms. The molecule has 0 amide bonds. The van der Waals surface area contributed by atoms with Gasteiger partial charge in [0.2, 0.25) is 0 Å². The van der Waals surface area contributed by atoms with Crippen molar-refractivity contribution < 1.29 is 9.29 Å². The van der Waals surface area contributed by atoms with Crippen LogP contribution < -0.4 is 10.1 Å². The maximum atomic E-state index is 12.3. The normalized spacial score (nSPS) is 17.5. The van der Waals surface area contributed by atoms with Crippen LogP contribution in [0, 0.1) is 0 Å². The van der Waals surface area contributed by atoms with Crippen LogP contribution in [0.2, 0.25) is 10.0 Å². The molecule has 0 radical (unpaired) electrons. The van der Waals surface area contributed by atoms with E-state index in [0.717, 1.165) is 56.1 Å². The third-order valence-electron chi connectivity index (χ3n) is 6.22. The highest BCUT2D eigenvalue weighted by Gasteiger charge is 2.26. The van der Waals surface area contributed by atoms with E-state index in [0.29, 0.717) is 21.9 Å². The molecule has 0 spiro atoms. The summed E-state index contributed by atoms with van der Waals surface area (Å²) in [6, 6.07) is 12.0. The quantitative estimate of drug-likeness (QED) is 0.491. The van der Waals surface area contributed by atoms with Crippen molar-refractivity contribution in [2.24, 2.45) is 0 Å². The molecular weight excluding hydrogens is 451 g/mol. The molecule has 4 nitrogen and oxygen atoms in total. The number of nitrogens with zero attached hydrogens (tertiary/aromatic N) is 1. The fourth-order valence-electron chi connectivity index (χ4n) is 4.43. The van der Waals surface area contributed by atoms with Crippen molar-refractivity contribution in [1.29, 1.82) is 0 Å². The minimum atomic E-state index is -1.02. The maximum Gasteiger partial charge on any atom is 0.159 e. The average Bonchev–Trinajstić information content (AvgIpc) is 2.78. The first-order valence-electron chi connectivity index (χ1n) is 10.8. The number of likely N-dealkylation sites (N-methyl/N-ethyl adjacent to an activating group) is 1. The predicted molar refractivity (Wildman–Crippen MR) is 131 cm³/mol. The monoisotopic (exact) mass is 482 g/mol. The third-order valence-corrected chi connectivity index (χ3v) is 7.93. The van der Waals surface area contributed by atoms with E-state index in [2.05, 4.69) is 22.3 Å². The van der Waals surface area contributed by atoms with Gasteiger partial charge in [0.25, 0.3) is 0 Å². The van der Waals surface area contributed by atoms with Gasteiger partial charge in [0.05, 0.1) is 17.2 Å². The van der Waals surface area contributed by atoms with Crippen molar-refractivity contribution in [3.05, 3.63) is 57.6 Å². The Balaban J connectivity index is 1.59. The molecule has 0 aliphatic carbocycles. The summed E-state index contributed by atoms with van der Waals surface area (Å²) in [5, 5.41) is 4.52. The lowest BCUT2D eigenvalue weighted by molar-refractivity contribution is 0.204. The molecule has 1 aliphatic heterocycles. The van der Waals surface area contributed by atoms with Gasteiger partial charge in [-0.1, -0.05) is 35.3 Å². The first-order chi connectivity index (χ1) is 14.9. The highest BCUT2D eigenvalue weighted by Crippen LogP contribution is 2.35. The van der Waals surface area contributed by atoms with E-state index in [9.17, 15) is 4.55 Å². The van der Waals surface area contributed by atoms with E-state index < -0.39 is 11.2 Å². The summed E-state index contributed by atoms with van der Waals surface area (Å²) >= 11 is 11.3. The van der Waals surface area contributed by atoms with Crippen LogP contribution in [0.3, 0.4) is 0 Å². The van der Waals surface area contributed by atoms with Gasteiger partial charge < -0.3 is 19.5 Å². The Kier molecular flexibility index (Phi) is 9.38. The van der Waals surface area contributed by atoms with Gasteiger partial charge in [-0.2, -0.15) is 0 Å². The van der Waals surface area contributed by atoms with E-state index >= 15 is 0 Å². The van der Waals surface area contributed by atoms with Crippen LogP contribution in [0.25, 0.3) is 0 Å². The van der Waals surface area contributed by atoms with Gasteiger partial charge in [-0.15, -0.1) is 0 Å². The predicted octanol–water partition coefficient (Wildman–Crippen LogP) is 5.31. The van der Waals surface area contributed by atoms with Crippen LogP contribution in [-0.2, 0) is 11.2 Å². The van der Waals surface area contributed by atoms with Gasteiger partial charge in [0, 0.05) is 18.2 Å². The first kappa shape index (κ1) is 24.7. The maximum absolute atomic E-state index is 12.3. The number of halogens is 2. The number of piperidine rings is 1. The standard InChI is InChI=1S/C24H32Cl2N2O2S/c1-27-16-19(18-4-7-22(25)23(26)14-18)10-13-28-11-8-17(9-12-28)21-6-5-20(30-2)15-24(21)31(3)29/h4-7,14-15,17,19,27H,8-13,16H2,1-3H3/t19?,31-/m0/s1. The Morgan fingerprint density at radius 3 is 2.52 bits per heavy atom. The smallest absolute Gasteiger partial charge is 0.159 e. The Hall–Kier alpha value is -0.950. The molecule has 170 valence electrons. The molecule has 1 aliphatic rings. The molecule has 31 heavy (non-hydrogen) atoms. The second-order valence-electron chi connectivity index (χ2n) is 8.19. The van der Waals surface area contributed by atoms with Crippen molar-refractivity contribution in [3.63, 3.8) is 0 Å². The van der Waals surface area contributed by atoms with E-state index in [4.69, 9.17) is 27.9 Å². The summed E-state index contributed by atoms with van der Waals surface area (Å²) in [7, 11) is 3.63. The lowest BCUT2D eigenvalue weighted by Gasteiger charge is -2.33. The van der Waals surface area contributed by atoms with Crippen LogP contribution in [0.1, 0.15) is 42.2 Å². The first-order valence-corrected chi connectivity index (χ1v) is 13.1. The zero-order chi connectivity index (χ0) is 22.4. The molecule has 1 unspecified atom stereocenters. The van der Waals surface area contributed by atoms with Gasteiger partial charge in [-0.05, 0) is 92.7 Å². The Morgan fingerprint density at radius 2 is 1.90 bits per heavy atom. The minimum absolute atomic E-state index is 0.396. The summed E-state index contributed by atoms with van der Waals surface area (Å²) in [5.41, 5.74) is 2.44. The summed E-state index contributed by atoms with van der Waals surface area (Å²) in [5.74, 6) is 1.61. The summed E-state index contributed by atoms with van der Waals surface area (Å²) in [6.45, 7) is 4.07. The second kappa shape index (κ2) is 11.8. The van der Waals surface area contributed by atoms with E-state index in [1.165, 1.54) is 11.1 Å². The van der Waals surface area contributed by atoms with Gasteiger partial charge in [-0.3, -0.25) is 0 Å². The highest BCUT2D eigenvalue weighted by molar-refractivity contribution is 7.90. The number of hydrogen-bond acceptors (Lipinski definition) is 4. The molecule has 0 aromatic heterocycles. The fourth-order valence-corrected chi connectivity index (χ4v) is 5.59. The number of rotatable bonds is 9. The van der Waals surface area contributed by atoms with Crippen LogP contribution in [0.5, 0.6) is 5.75 Å². The molecule has 2 aromatic rings. The summed E-state index contributed by atoms with van der Waals surface area (Å²) in [4.78, 5) is 3.45. The molecule has 7 heteroatoms. The van der Waals surface area contributed by atoms with Crippen LogP contribution >= 0.6 is 23.2 Å². The lowest BCUT2D eigenvalue weighted by atomic mass is 9.88. The molecule has 1 heterocycles. The minimum Gasteiger partial charge on any atom is -0.612 e. The molecule has 3 rings (SSSR count). The van der Waals surface area contributed by atoms with Gasteiger partial charge in [0.15, 0.2) is 4.90 Å². The Bertz CT molecular complexity index is 857. The largest absolute Gasteiger partial charge is 0.612 e. The Labute approximate surface area is 199 Å². The molecule has 0 saturated carbocycles. The Morgan fingerprint density at radius 1 is 1.16 bits per heavy atom. The molecule has 2 atom stereocenters. The molecule has 1 saturated heterocycles. The topological polar surface area (TPSA) is 47.6 Å². The van der Waals surface area contributed by atoms with E-state index in [1.807, 2.05) is 31.3 Å².